The molecule has 1 saturated heterocycles. The molecule has 0 unspecified atom stereocenters. The van der Waals surface area contributed by atoms with Crippen LogP contribution in [0.25, 0.3) is 11.0 Å². The minimum absolute atomic E-state index is 0.0406. The third-order valence-electron chi connectivity index (χ3n) is 5.52. The smallest absolute Gasteiger partial charge is 0.291 e. The first-order valence-electron chi connectivity index (χ1n) is 10.2. The van der Waals surface area contributed by atoms with Crippen molar-refractivity contribution in [2.24, 2.45) is 13.0 Å². The van der Waals surface area contributed by atoms with E-state index in [-0.39, 0.29) is 23.5 Å². The molecule has 0 bridgehead atoms. The number of fused-ring (bicyclic) bond motifs is 1. The van der Waals surface area contributed by atoms with Crippen LogP contribution in [-0.4, -0.2) is 57.3 Å². The molecule has 8 heteroatoms. The molecular formula is C22H27N5O3. The van der Waals surface area contributed by atoms with Crippen LogP contribution in [0, 0.1) is 5.92 Å². The Morgan fingerprint density at radius 3 is 2.60 bits per heavy atom. The topological polar surface area (TPSA) is 83.6 Å². The lowest BCUT2D eigenvalue weighted by Gasteiger charge is -2.35. The van der Waals surface area contributed by atoms with Crippen LogP contribution in [0.5, 0.6) is 0 Å². The molecule has 2 aromatic heterocycles. The average Bonchev–Trinajstić information content (AvgIpc) is 3.37. The second kappa shape index (κ2) is 8.31. The summed E-state index contributed by atoms with van der Waals surface area (Å²) in [5.41, 5.74) is 2.52. The van der Waals surface area contributed by atoms with Gasteiger partial charge in [0, 0.05) is 44.8 Å². The lowest BCUT2D eigenvalue weighted by Crippen LogP contribution is -2.49. The van der Waals surface area contributed by atoms with E-state index in [1.807, 2.05) is 44.0 Å². The third-order valence-corrected chi connectivity index (χ3v) is 5.52. The highest BCUT2D eigenvalue weighted by Crippen LogP contribution is 2.21. The van der Waals surface area contributed by atoms with E-state index in [0.29, 0.717) is 5.69 Å². The normalized spacial score (nSPS) is 15.1. The summed E-state index contributed by atoms with van der Waals surface area (Å²) in [5, 5.41) is 2.84. The molecule has 0 saturated carbocycles. The predicted molar refractivity (Wildman–Crippen MR) is 114 cm³/mol. The quantitative estimate of drug-likeness (QED) is 0.701. The number of benzene rings is 1. The van der Waals surface area contributed by atoms with E-state index in [1.54, 1.807) is 12.1 Å². The fourth-order valence-corrected chi connectivity index (χ4v) is 3.76. The number of furan rings is 1. The first-order valence-corrected chi connectivity index (χ1v) is 10.2. The number of hydrogen-bond donors (Lipinski definition) is 1. The lowest BCUT2D eigenvalue weighted by molar-refractivity contribution is -0.136. The second-order valence-electron chi connectivity index (χ2n) is 7.98. The maximum atomic E-state index is 12.2. The molecule has 1 aliphatic rings. The maximum absolute atomic E-state index is 12.2. The number of nitrogens with one attached hydrogen (secondary N) is 1. The Bertz CT molecular complexity index is 1050. The molecule has 0 aliphatic carbocycles. The van der Waals surface area contributed by atoms with Gasteiger partial charge in [-0.1, -0.05) is 13.8 Å². The van der Waals surface area contributed by atoms with Gasteiger partial charge in [-0.15, -0.1) is 0 Å². The number of nitrogens with zero attached hydrogens (tertiary/aromatic N) is 4. The zero-order valence-corrected chi connectivity index (χ0v) is 17.6. The van der Waals surface area contributed by atoms with Crippen LogP contribution in [0.3, 0.4) is 0 Å². The highest BCUT2D eigenvalue weighted by Gasteiger charge is 2.24. The van der Waals surface area contributed by atoms with Crippen molar-refractivity contribution < 1.29 is 14.0 Å². The molecule has 158 valence electrons. The van der Waals surface area contributed by atoms with Crippen molar-refractivity contribution in [1.82, 2.24) is 19.4 Å². The molecule has 8 nitrogen and oxygen atoms in total. The van der Waals surface area contributed by atoms with Gasteiger partial charge in [0.05, 0.1) is 23.8 Å². The Labute approximate surface area is 175 Å². The van der Waals surface area contributed by atoms with Gasteiger partial charge in [-0.2, -0.15) is 0 Å². The predicted octanol–water partition coefficient (Wildman–Crippen LogP) is 2.72. The lowest BCUT2D eigenvalue weighted by atomic mass is 10.1. The number of anilines is 1. The van der Waals surface area contributed by atoms with Gasteiger partial charge in [-0.05, 0) is 30.3 Å². The number of imidazole rings is 1. The summed E-state index contributed by atoms with van der Waals surface area (Å²) in [4.78, 5) is 33.4. The summed E-state index contributed by atoms with van der Waals surface area (Å²) in [6.45, 7) is 7.80. The van der Waals surface area contributed by atoms with E-state index in [9.17, 15) is 9.59 Å². The minimum Gasteiger partial charge on any atom is -0.459 e. The Morgan fingerprint density at radius 2 is 1.93 bits per heavy atom. The zero-order valence-electron chi connectivity index (χ0n) is 17.6. The van der Waals surface area contributed by atoms with E-state index in [0.717, 1.165) is 49.6 Å². The third kappa shape index (κ3) is 4.09. The number of aryl methyl sites for hydroxylation is 1. The SMILES string of the molecule is CC(C)C(=O)N1CCN(Cc2nc3cc(NC(=O)c4ccco4)ccc3n2C)CC1. The summed E-state index contributed by atoms with van der Waals surface area (Å²) in [5.74, 6) is 1.21. The molecule has 1 fully saturated rings. The number of hydrogen-bond acceptors (Lipinski definition) is 5. The summed E-state index contributed by atoms with van der Waals surface area (Å²) >= 11 is 0. The first kappa shape index (κ1) is 20.2. The molecule has 0 atom stereocenters. The maximum Gasteiger partial charge on any atom is 0.291 e. The van der Waals surface area contributed by atoms with Gasteiger partial charge < -0.3 is 19.2 Å². The number of carbonyl (C=O) groups is 2. The number of rotatable bonds is 5. The van der Waals surface area contributed by atoms with Gasteiger partial charge in [0.1, 0.15) is 5.82 Å². The number of amides is 2. The van der Waals surface area contributed by atoms with Gasteiger partial charge in [0.2, 0.25) is 5.91 Å². The van der Waals surface area contributed by atoms with E-state index in [4.69, 9.17) is 9.40 Å². The van der Waals surface area contributed by atoms with Crippen molar-refractivity contribution in [2.45, 2.75) is 20.4 Å². The Hall–Kier alpha value is -3.13. The number of carbonyl (C=O) groups excluding carboxylic acids is 2. The molecule has 0 radical (unpaired) electrons. The molecule has 3 aromatic rings. The zero-order chi connectivity index (χ0) is 21.3. The number of aromatic nitrogens is 2. The largest absolute Gasteiger partial charge is 0.459 e. The highest BCUT2D eigenvalue weighted by molar-refractivity contribution is 6.03. The van der Waals surface area contributed by atoms with Crippen molar-refractivity contribution >= 4 is 28.5 Å². The van der Waals surface area contributed by atoms with Crippen LogP contribution in [-0.2, 0) is 18.4 Å². The molecule has 30 heavy (non-hydrogen) atoms. The molecular weight excluding hydrogens is 382 g/mol. The van der Waals surface area contributed by atoms with Crippen molar-refractivity contribution in [3.05, 3.63) is 48.2 Å². The van der Waals surface area contributed by atoms with Crippen LogP contribution in [0.2, 0.25) is 0 Å². The fraction of sp³-hybridized carbons (Fsp3) is 0.409. The first-order chi connectivity index (χ1) is 14.4. The second-order valence-corrected chi connectivity index (χ2v) is 7.98. The van der Waals surface area contributed by atoms with Crippen LogP contribution in [0.4, 0.5) is 5.69 Å². The van der Waals surface area contributed by atoms with Crippen molar-refractivity contribution in [3.63, 3.8) is 0 Å². The van der Waals surface area contributed by atoms with Gasteiger partial charge in [-0.25, -0.2) is 4.98 Å². The van der Waals surface area contributed by atoms with Crippen molar-refractivity contribution in [3.8, 4) is 0 Å². The summed E-state index contributed by atoms with van der Waals surface area (Å²) in [6.07, 6.45) is 1.47. The monoisotopic (exact) mass is 409 g/mol. The highest BCUT2D eigenvalue weighted by atomic mass is 16.3. The average molecular weight is 409 g/mol. The Balaban J connectivity index is 1.43. The van der Waals surface area contributed by atoms with Gasteiger partial charge in [-0.3, -0.25) is 14.5 Å². The van der Waals surface area contributed by atoms with Crippen molar-refractivity contribution in [2.75, 3.05) is 31.5 Å². The van der Waals surface area contributed by atoms with Crippen LogP contribution < -0.4 is 5.32 Å². The minimum atomic E-state index is -0.288. The molecule has 3 heterocycles. The van der Waals surface area contributed by atoms with Crippen LogP contribution >= 0.6 is 0 Å². The molecule has 0 spiro atoms. The van der Waals surface area contributed by atoms with E-state index in [2.05, 4.69) is 14.8 Å². The Morgan fingerprint density at radius 1 is 1.17 bits per heavy atom. The van der Waals surface area contributed by atoms with E-state index < -0.39 is 0 Å². The summed E-state index contributed by atoms with van der Waals surface area (Å²) in [6, 6.07) is 9.01. The van der Waals surface area contributed by atoms with Gasteiger partial charge in [0.25, 0.3) is 5.91 Å². The van der Waals surface area contributed by atoms with E-state index in [1.165, 1.54) is 6.26 Å². The molecule has 4 rings (SSSR count). The number of piperazine rings is 1. The van der Waals surface area contributed by atoms with Crippen molar-refractivity contribution in [1.29, 1.82) is 0 Å². The van der Waals surface area contributed by atoms with Crippen LogP contribution in [0.15, 0.2) is 41.0 Å². The van der Waals surface area contributed by atoms with Gasteiger partial charge >= 0.3 is 0 Å². The Kier molecular flexibility index (Phi) is 5.59. The molecule has 1 aliphatic heterocycles. The molecule has 2 amide bonds. The van der Waals surface area contributed by atoms with Crippen LogP contribution in [0.1, 0.15) is 30.2 Å². The summed E-state index contributed by atoms with van der Waals surface area (Å²) < 4.78 is 7.22. The van der Waals surface area contributed by atoms with Gasteiger partial charge in [0.15, 0.2) is 5.76 Å². The van der Waals surface area contributed by atoms with E-state index >= 15 is 0 Å². The standard InChI is InChI=1S/C22H27N5O3/c1-15(2)22(29)27-10-8-26(9-11-27)14-20-24-17-13-16(6-7-18(17)25(20)3)23-21(28)19-5-4-12-30-19/h4-7,12-13,15H,8-11,14H2,1-3H3,(H,23,28). The fourth-order valence-electron chi connectivity index (χ4n) is 3.76. The molecule has 1 aromatic carbocycles. The molecule has 1 N–H and O–H groups in total. The summed E-state index contributed by atoms with van der Waals surface area (Å²) in [7, 11) is 2.00.